The molecule has 3 N–H and O–H groups in total. The molecular weight excluding hydrogens is 267 g/mol. The molecule has 0 radical (unpaired) electrons. The zero-order valence-electron chi connectivity index (χ0n) is 9.81. The van der Waals surface area contributed by atoms with Gasteiger partial charge in [-0.2, -0.15) is 0 Å². The van der Waals surface area contributed by atoms with Crippen LogP contribution in [-0.4, -0.2) is 38.9 Å². The zero-order valence-corrected chi connectivity index (χ0v) is 10.7. The Kier molecular flexibility index (Phi) is 7.65. The van der Waals surface area contributed by atoms with Crippen LogP contribution in [0.1, 0.15) is 32.6 Å². The highest BCUT2D eigenvalue weighted by molar-refractivity contribution is 7.30. The fraction of sp³-hybridized carbons (Fsp3) is 0.889. The molecule has 106 valence electrons. The number of hydrogen-bond acceptors (Lipinski definition) is 8. The van der Waals surface area contributed by atoms with Gasteiger partial charge < -0.3 is 25.5 Å². The van der Waals surface area contributed by atoms with E-state index in [1.807, 2.05) is 0 Å². The first-order valence-corrected chi connectivity index (χ1v) is 6.38. The number of aliphatic hydroxyl groups is 3. The van der Waals surface area contributed by atoms with Crippen molar-refractivity contribution >= 4 is 14.0 Å². The minimum absolute atomic E-state index is 0.287. The Morgan fingerprint density at radius 3 is 2.39 bits per heavy atom. The van der Waals surface area contributed by atoms with Crippen molar-refractivity contribution in [1.29, 1.82) is 0 Å². The first-order valence-electron chi connectivity index (χ1n) is 5.29. The van der Waals surface area contributed by atoms with E-state index in [1.165, 1.54) is 6.92 Å². The van der Waals surface area contributed by atoms with Gasteiger partial charge in [-0.05, 0) is 24.3 Å². The number of ketones is 1. The van der Waals surface area contributed by atoms with Crippen molar-refractivity contribution in [3.05, 3.63) is 0 Å². The molecule has 0 aliphatic heterocycles. The minimum Gasteiger partial charge on any atom is -0.674 e. The van der Waals surface area contributed by atoms with Gasteiger partial charge in [0.2, 0.25) is 0 Å². The lowest BCUT2D eigenvalue weighted by atomic mass is 9.77. The van der Waals surface area contributed by atoms with E-state index in [2.05, 4.69) is 4.67 Å². The van der Waals surface area contributed by atoms with Gasteiger partial charge in [0.05, 0.1) is 6.10 Å². The SMILES string of the molecule is CC(=O)C(O)C1(O)CCCCC1O.O=[P+]([O-])O[O-]. The molecule has 0 aromatic heterocycles. The van der Waals surface area contributed by atoms with Crippen molar-refractivity contribution in [2.75, 3.05) is 0 Å². The van der Waals surface area contributed by atoms with Gasteiger partial charge in [-0.25, -0.2) is 4.67 Å². The molecule has 0 heterocycles. The smallest absolute Gasteiger partial charge is 0.479 e. The highest BCUT2D eigenvalue weighted by atomic mass is 31.1. The van der Waals surface area contributed by atoms with Gasteiger partial charge in [0.1, 0.15) is 11.7 Å². The van der Waals surface area contributed by atoms with Crippen LogP contribution in [0, 0.1) is 0 Å². The van der Waals surface area contributed by atoms with Crippen molar-refractivity contribution < 1.29 is 39.5 Å². The molecule has 9 heteroatoms. The van der Waals surface area contributed by atoms with Gasteiger partial charge in [-0.3, -0.25) is 4.79 Å². The summed E-state index contributed by atoms with van der Waals surface area (Å²) in [5.41, 5.74) is -1.62. The molecule has 0 amide bonds. The maximum Gasteiger partial charge on any atom is 0.479 e. The number of hydrogen-bond donors (Lipinski definition) is 3. The van der Waals surface area contributed by atoms with Gasteiger partial charge in [-0.1, -0.05) is 12.8 Å². The quantitative estimate of drug-likeness (QED) is 0.303. The summed E-state index contributed by atoms with van der Waals surface area (Å²) in [7, 11) is -3.15. The van der Waals surface area contributed by atoms with E-state index in [0.29, 0.717) is 6.42 Å². The summed E-state index contributed by atoms with van der Waals surface area (Å²) in [6.45, 7) is 1.21. The van der Waals surface area contributed by atoms with Gasteiger partial charge in [0.25, 0.3) is 0 Å². The van der Waals surface area contributed by atoms with Gasteiger partial charge in [0, 0.05) is 0 Å². The normalized spacial score (nSPS) is 29.9. The van der Waals surface area contributed by atoms with Crippen LogP contribution in [0.5, 0.6) is 0 Å². The van der Waals surface area contributed by atoms with E-state index in [0.717, 1.165) is 12.8 Å². The van der Waals surface area contributed by atoms with Gasteiger partial charge in [-0.15, -0.1) is 0 Å². The molecule has 1 saturated carbocycles. The molecule has 0 aromatic rings. The van der Waals surface area contributed by atoms with E-state index >= 15 is 0 Å². The number of Topliss-reactive ketones (excluding diaryl/α,β-unsaturated/α-hetero) is 1. The Labute approximate surface area is 105 Å². The van der Waals surface area contributed by atoms with Crippen LogP contribution in [0.3, 0.4) is 0 Å². The van der Waals surface area contributed by atoms with Gasteiger partial charge in [0.15, 0.2) is 5.78 Å². The van der Waals surface area contributed by atoms with Crippen molar-refractivity contribution in [2.24, 2.45) is 0 Å². The van der Waals surface area contributed by atoms with E-state index in [4.69, 9.17) is 14.7 Å². The first kappa shape index (κ1) is 17.5. The monoisotopic (exact) mass is 283 g/mol. The van der Waals surface area contributed by atoms with Crippen LogP contribution < -0.4 is 10.2 Å². The molecule has 4 unspecified atom stereocenters. The average Bonchev–Trinajstić information content (AvgIpc) is 2.32. The predicted octanol–water partition coefficient (Wildman–Crippen LogP) is -2.10. The fourth-order valence-electron chi connectivity index (χ4n) is 1.83. The van der Waals surface area contributed by atoms with E-state index in [-0.39, 0.29) is 6.42 Å². The van der Waals surface area contributed by atoms with Crippen LogP contribution in [0.25, 0.3) is 0 Å². The highest BCUT2D eigenvalue weighted by Gasteiger charge is 2.45. The summed E-state index contributed by atoms with van der Waals surface area (Å²) in [5, 5.41) is 37.3. The number of aliphatic hydroxyl groups excluding tert-OH is 2. The van der Waals surface area contributed by atoms with Crippen LogP contribution >= 0.6 is 8.25 Å². The third-order valence-electron chi connectivity index (χ3n) is 2.80. The highest BCUT2D eigenvalue weighted by Crippen LogP contribution is 2.31. The molecule has 8 nitrogen and oxygen atoms in total. The first-order chi connectivity index (χ1) is 8.25. The molecule has 4 atom stereocenters. The molecule has 1 rings (SSSR count). The summed E-state index contributed by atoms with van der Waals surface area (Å²) in [4.78, 5) is 19.7. The molecule has 18 heavy (non-hydrogen) atoms. The van der Waals surface area contributed by atoms with Crippen LogP contribution in [0.15, 0.2) is 0 Å². The Hall–Kier alpha value is -0.470. The number of carbonyl (C=O) groups excluding carboxylic acids is 1. The van der Waals surface area contributed by atoms with Crippen LogP contribution in [-0.2, 0) is 14.0 Å². The summed E-state index contributed by atoms with van der Waals surface area (Å²) >= 11 is 0. The lowest BCUT2D eigenvalue weighted by Crippen LogP contribution is -2.56. The van der Waals surface area contributed by atoms with Crippen LogP contribution in [0.4, 0.5) is 0 Å². The minimum atomic E-state index is -3.15. The lowest BCUT2D eigenvalue weighted by Gasteiger charge is -2.39. The number of carbonyl (C=O) groups is 1. The molecule has 0 aromatic carbocycles. The predicted molar refractivity (Wildman–Crippen MR) is 54.8 cm³/mol. The fourth-order valence-corrected chi connectivity index (χ4v) is 1.83. The van der Waals surface area contributed by atoms with Crippen molar-refractivity contribution in [2.45, 2.75) is 50.4 Å². The van der Waals surface area contributed by atoms with Gasteiger partial charge >= 0.3 is 8.25 Å². The molecule has 1 aliphatic rings. The second-order valence-electron chi connectivity index (χ2n) is 4.06. The summed E-state index contributed by atoms with van der Waals surface area (Å²) in [6, 6.07) is 0. The van der Waals surface area contributed by atoms with E-state index in [9.17, 15) is 20.1 Å². The second-order valence-corrected chi connectivity index (χ2v) is 4.66. The maximum atomic E-state index is 10.9. The molecular formula is C9H16O8P-. The average molecular weight is 283 g/mol. The Bertz CT molecular complexity index is 296. The number of rotatable bonds is 3. The molecule has 1 aliphatic carbocycles. The van der Waals surface area contributed by atoms with Crippen molar-refractivity contribution in [3.8, 4) is 0 Å². The molecule has 0 spiro atoms. The second kappa shape index (κ2) is 7.85. The van der Waals surface area contributed by atoms with E-state index in [1.54, 1.807) is 0 Å². The third-order valence-corrected chi connectivity index (χ3v) is 2.92. The zero-order chi connectivity index (χ0) is 14.3. The standard InChI is InChI=1S/C9H16O4.HO4P/c1-6(10)8(12)9(13)5-3-2-4-7(9)11;1-4-5(2)3/h7-8,11-13H,2-5H2,1H3;1H/p-1. The Morgan fingerprint density at radius 2 is 2.06 bits per heavy atom. The Morgan fingerprint density at radius 1 is 1.56 bits per heavy atom. The molecule has 0 bridgehead atoms. The lowest BCUT2D eigenvalue weighted by molar-refractivity contribution is -0.644. The largest absolute Gasteiger partial charge is 0.674 e. The van der Waals surface area contributed by atoms with Crippen LogP contribution in [0.2, 0.25) is 0 Å². The summed E-state index contributed by atoms with van der Waals surface area (Å²) < 4.78 is 11.3. The maximum absolute atomic E-state index is 10.9. The van der Waals surface area contributed by atoms with Crippen molar-refractivity contribution in [3.63, 3.8) is 0 Å². The summed E-state index contributed by atoms with van der Waals surface area (Å²) in [6.07, 6.45) is -0.148. The third kappa shape index (κ3) is 5.03. The summed E-state index contributed by atoms with van der Waals surface area (Å²) in [5.74, 6) is -0.497. The topological polar surface area (TPSA) is 150 Å². The Balaban J connectivity index is 0.000000494. The van der Waals surface area contributed by atoms with E-state index < -0.39 is 31.8 Å². The van der Waals surface area contributed by atoms with Crippen molar-refractivity contribution in [1.82, 2.24) is 0 Å². The molecule has 1 fully saturated rings. The molecule has 0 saturated heterocycles.